The third-order valence-electron chi connectivity index (χ3n) is 4.06. The molecule has 0 saturated carbocycles. The molecule has 2 nitrogen and oxygen atoms in total. The van der Waals surface area contributed by atoms with E-state index < -0.39 is 0 Å². The Hall–Kier alpha value is -0.0800. The minimum Gasteiger partial charge on any atom is -0.302 e. The second-order valence-corrected chi connectivity index (χ2v) is 5.43. The molecule has 2 aliphatic rings. The van der Waals surface area contributed by atoms with Crippen molar-refractivity contribution < 1.29 is 0 Å². The van der Waals surface area contributed by atoms with Gasteiger partial charge in [-0.3, -0.25) is 0 Å². The maximum absolute atomic E-state index is 2.66. The van der Waals surface area contributed by atoms with Gasteiger partial charge in [-0.2, -0.15) is 0 Å². The minimum absolute atomic E-state index is 0.969. The lowest BCUT2D eigenvalue weighted by Gasteiger charge is -2.33. The molecule has 0 bridgehead atoms. The number of rotatable bonds is 3. The monoisotopic (exact) mass is 240 g/mol. The molecule has 0 spiro atoms. The molecule has 0 unspecified atom stereocenters. The first-order valence-corrected chi connectivity index (χ1v) is 7.79. The van der Waals surface area contributed by atoms with Gasteiger partial charge in [0.1, 0.15) is 0 Å². The third-order valence-corrected chi connectivity index (χ3v) is 4.06. The van der Waals surface area contributed by atoms with E-state index in [1.165, 1.54) is 71.4 Å². The molecule has 102 valence electrons. The summed E-state index contributed by atoms with van der Waals surface area (Å²) in [5.41, 5.74) is 0. The molecular formula is C15H32N2. The maximum Gasteiger partial charge on any atom is 0.0109 e. The molecule has 17 heavy (non-hydrogen) atoms. The Labute approximate surface area is 108 Å². The first-order chi connectivity index (χ1) is 8.34. The zero-order chi connectivity index (χ0) is 12.5. The zero-order valence-corrected chi connectivity index (χ0v) is 12.2. The molecule has 2 heterocycles. The molecule has 0 radical (unpaired) electrons. The Kier molecular flexibility index (Phi) is 7.87. The summed E-state index contributed by atoms with van der Waals surface area (Å²) >= 11 is 0. The lowest BCUT2D eigenvalue weighted by molar-refractivity contribution is 0.150. The summed E-state index contributed by atoms with van der Waals surface area (Å²) in [7, 11) is 0. The minimum atomic E-state index is 0.969. The lowest BCUT2D eigenvalue weighted by atomic mass is 9.99. The Morgan fingerprint density at radius 2 is 1.24 bits per heavy atom. The Morgan fingerprint density at radius 3 is 1.76 bits per heavy atom. The van der Waals surface area contributed by atoms with Crippen LogP contribution in [0.2, 0.25) is 0 Å². The van der Waals surface area contributed by atoms with Gasteiger partial charge >= 0.3 is 0 Å². The highest BCUT2D eigenvalue weighted by Crippen LogP contribution is 2.16. The molecule has 2 heteroatoms. The van der Waals surface area contributed by atoms with Gasteiger partial charge in [-0.15, -0.1) is 0 Å². The van der Waals surface area contributed by atoms with Crippen LogP contribution < -0.4 is 0 Å². The average Bonchev–Trinajstić information content (AvgIpc) is 2.42. The third kappa shape index (κ3) is 5.87. The number of hydrogen-bond acceptors (Lipinski definition) is 2. The summed E-state index contributed by atoms with van der Waals surface area (Å²) in [6.07, 6.45) is 7.14. The van der Waals surface area contributed by atoms with Crippen LogP contribution >= 0.6 is 0 Å². The molecule has 0 aromatic rings. The summed E-state index contributed by atoms with van der Waals surface area (Å²) in [4.78, 5) is 5.32. The van der Waals surface area contributed by atoms with Crippen molar-refractivity contribution in [2.45, 2.75) is 52.9 Å². The van der Waals surface area contributed by atoms with Gasteiger partial charge in [0.05, 0.1) is 0 Å². The van der Waals surface area contributed by atoms with Crippen LogP contribution in [0.5, 0.6) is 0 Å². The van der Waals surface area contributed by atoms with E-state index in [9.17, 15) is 0 Å². The van der Waals surface area contributed by atoms with E-state index >= 15 is 0 Å². The van der Waals surface area contributed by atoms with Gasteiger partial charge in [-0.1, -0.05) is 27.2 Å². The Bertz CT molecular complexity index is 168. The molecule has 2 fully saturated rings. The predicted molar refractivity (Wildman–Crippen MR) is 76.5 cm³/mol. The van der Waals surface area contributed by atoms with E-state index in [0.717, 1.165) is 5.92 Å². The van der Waals surface area contributed by atoms with E-state index in [2.05, 4.69) is 16.7 Å². The maximum atomic E-state index is 2.66. The van der Waals surface area contributed by atoms with Crippen molar-refractivity contribution in [3.63, 3.8) is 0 Å². The van der Waals surface area contributed by atoms with Gasteiger partial charge in [-0.05, 0) is 57.8 Å². The average molecular weight is 240 g/mol. The van der Waals surface area contributed by atoms with E-state index in [1.807, 2.05) is 13.8 Å². The van der Waals surface area contributed by atoms with Crippen LogP contribution in [0.1, 0.15) is 52.9 Å². The van der Waals surface area contributed by atoms with E-state index in [-0.39, 0.29) is 0 Å². The molecular weight excluding hydrogens is 208 g/mol. The zero-order valence-electron chi connectivity index (χ0n) is 12.2. The first-order valence-electron chi connectivity index (χ1n) is 7.79. The van der Waals surface area contributed by atoms with Crippen LogP contribution in [0.15, 0.2) is 0 Å². The van der Waals surface area contributed by atoms with Crippen molar-refractivity contribution in [2.75, 3.05) is 39.3 Å². The van der Waals surface area contributed by atoms with Crippen molar-refractivity contribution in [1.29, 1.82) is 0 Å². The molecule has 0 N–H and O–H groups in total. The number of hydrogen-bond donors (Lipinski definition) is 0. The van der Waals surface area contributed by atoms with Crippen LogP contribution in [-0.2, 0) is 0 Å². The highest BCUT2D eigenvalue weighted by molar-refractivity contribution is 4.72. The molecule has 0 aliphatic carbocycles. The summed E-state index contributed by atoms with van der Waals surface area (Å²) in [5, 5.41) is 0. The number of likely N-dealkylation sites (tertiary alicyclic amines) is 2. The van der Waals surface area contributed by atoms with Crippen LogP contribution in [-0.4, -0.2) is 49.1 Å². The number of nitrogens with zero attached hydrogens (tertiary/aromatic N) is 2. The second-order valence-electron chi connectivity index (χ2n) is 5.43. The normalized spacial score (nSPS) is 24.2. The van der Waals surface area contributed by atoms with Gasteiger partial charge < -0.3 is 9.80 Å². The SMILES string of the molecule is CC.CC1CCN(CCN2CCCCC2)CC1. The van der Waals surface area contributed by atoms with Crippen molar-refractivity contribution in [3.05, 3.63) is 0 Å². The van der Waals surface area contributed by atoms with E-state index in [0.29, 0.717) is 0 Å². The molecule has 0 amide bonds. The van der Waals surface area contributed by atoms with Gasteiger partial charge in [0, 0.05) is 13.1 Å². The Balaban J connectivity index is 0.000000686. The first kappa shape index (κ1) is 15.0. The fraction of sp³-hybridized carbons (Fsp3) is 1.00. The van der Waals surface area contributed by atoms with Gasteiger partial charge in [0.2, 0.25) is 0 Å². The van der Waals surface area contributed by atoms with Gasteiger partial charge in [-0.25, -0.2) is 0 Å². The molecule has 0 aromatic carbocycles. The lowest BCUT2D eigenvalue weighted by Crippen LogP contribution is -2.40. The predicted octanol–water partition coefficient (Wildman–Crippen LogP) is 3.23. The highest BCUT2D eigenvalue weighted by atomic mass is 15.2. The standard InChI is InChI=1S/C13H26N2.C2H6/c1-13-5-9-15(10-6-13)12-11-14-7-3-2-4-8-14;1-2/h13H,2-12H2,1H3;1-2H3. The largest absolute Gasteiger partial charge is 0.302 e. The molecule has 0 atom stereocenters. The molecule has 2 saturated heterocycles. The van der Waals surface area contributed by atoms with Crippen LogP contribution in [0.25, 0.3) is 0 Å². The van der Waals surface area contributed by atoms with Crippen molar-refractivity contribution in [3.8, 4) is 0 Å². The van der Waals surface area contributed by atoms with Crippen molar-refractivity contribution in [1.82, 2.24) is 9.80 Å². The summed E-state index contributed by atoms with van der Waals surface area (Å²) in [6.45, 7) is 14.4. The van der Waals surface area contributed by atoms with Crippen molar-refractivity contribution >= 4 is 0 Å². The fourth-order valence-electron chi connectivity index (χ4n) is 2.75. The Morgan fingerprint density at radius 1 is 0.765 bits per heavy atom. The van der Waals surface area contributed by atoms with Crippen LogP contribution in [0.4, 0.5) is 0 Å². The van der Waals surface area contributed by atoms with Crippen LogP contribution in [0.3, 0.4) is 0 Å². The quantitative estimate of drug-likeness (QED) is 0.747. The summed E-state index contributed by atoms with van der Waals surface area (Å²) < 4.78 is 0. The highest BCUT2D eigenvalue weighted by Gasteiger charge is 2.16. The number of piperidine rings is 2. The molecule has 2 rings (SSSR count). The van der Waals surface area contributed by atoms with Crippen molar-refractivity contribution in [2.24, 2.45) is 5.92 Å². The van der Waals surface area contributed by atoms with Gasteiger partial charge in [0.25, 0.3) is 0 Å². The fourth-order valence-corrected chi connectivity index (χ4v) is 2.75. The van der Waals surface area contributed by atoms with E-state index in [1.54, 1.807) is 0 Å². The second kappa shape index (κ2) is 8.93. The summed E-state index contributed by atoms with van der Waals surface area (Å²) in [6, 6.07) is 0. The molecule has 2 aliphatic heterocycles. The van der Waals surface area contributed by atoms with Crippen LogP contribution in [0, 0.1) is 5.92 Å². The smallest absolute Gasteiger partial charge is 0.0109 e. The van der Waals surface area contributed by atoms with E-state index in [4.69, 9.17) is 0 Å². The topological polar surface area (TPSA) is 6.48 Å². The summed E-state index contributed by atoms with van der Waals surface area (Å²) in [5.74, 6) is 0.969. The van der Waals surface area contributed by atoms with Gasteiger partial charge in [0.15, 0.2) is 0 Å². The molecule has 0 aromatic heterocycles.